The number of halogens is 1. The highest BCUT2D eigenvalue weighted by atomic mass is 32.2. The molecule has 0 saturated heterocycles. The Balaban J connectivity index is 2.22. The number of benzene rings is 2. The van der Waals surface area contributed by atoms with E-state index in [2.05, 4.69) is 4.72 Å². The number of carbonyl (C=O) groups excluding carboxylic acids is 1. The lowest BCUT2D eigenvalue weighted by Crippen LogP contribution is -2.40. The minimum Gasteiger partial charge on any atom is -0.457 e. The summed E-state index contributed by atoms with van der Waals surface area (Å²) in [6.07, 6.45) is 0. The Kier molecular flexibility index (Phi) is 5.59. The van der Waals surface area contributed by atoms with Crippen molar-refractivity contribution < 1.29 is 22.3 Å². The minimum absolute atomic E-state index is 0.0355. The van der Waals surface area contributed by atoms with E-state index >= 15 is 0 Å². The first kappa shape index (κ1) is 19.1. The van der Waals surface area contributed by atoms with E-state index in [9.17, 15) is 17.6 Å². The van der Waals surface area contributed by atoms with Crippen molar-refractivity contribution in [2.24, 2.45) is 0 Å². The van der Waals surface area contributed by atoms with Crippen LogP contribution in [0.15, 0.2) is 53.4 Å². The fraction of sp³-hybridized carbons (Fsp3) is 0.278. The molecule has 7 heteroatoms. The third-order valence-corrected chi connectivity index (χ3v) is 4.88. The van der Waals surface area contributed by atoms with Crippen molar-refractivity contribution in [1.82, 2.24) is 4.72 Å². The van der Waals surface area contributed by atoms with E-state index in [0.717, 1.165) is 17.7 Å². The molecule has 0 heterocycles. The van der Waals surface area contributed by atoms with E-state index in [-0.39, 0.29) is 12.2 Å². The molecule has 0 fully saturated rings. The predicted octanol–water partition coefficient (Wildman–Crippen LogP) is 3.26. The molecule has 25 heavy (non-hydrogen) atoms. The maximum atomic E-state index is 14.0. The van der Waals surface area contributed by atoms with Crippen LogP contribution in [0.2, 0.25) is 0 Å². The second-order valence-corrected chi connectivity index (χ2v) is 8.21. The lowest BCUT2D eigenvalue weighted by molar-refractivity contribution is 0.0472. The molecule has 2 rings (SSSR count). The molecule has 5 nitrogen and oxygen atoms in total. The highest BCUT2D eigenvalue weighted by Crippen LogP contribution is 2.19. The molecular weight excluding hydrogens is 345 g/mol. The Hall–Kier alpha value is -2.25. The fourth-order valence-electron chi connectivity index (χ4n) is 2.10. The molecule has 0 aliphatic rings. The predicted molar refractivity (Wildman–Crippen MR) is 92.0 cm³/mol. The van der Waals surface area contributed by atoms with E-state index in [1.807, 2.05) is 18.2 Å². The number of rotatable bonds is 5. The summed E-state index contributed by atoms with van der Waals surface area (Å²) in [6.45, 7) is 4.96. The summed E-state index contributed by atoms with van der Waals surface area (Å²) in [7, 11) is -4.10. The maximum absolute atomic E-state index is 14.0. The minimum atomic E-state index is -4.10. The van der Waals surface area contributed by atoms with Crippen molar-refractivity contribution in [3.63, 3.8) is 0 Å². The molecule has 0 bridgehead atoms. The van der Waals surface area contributed by atoms with Crippen LogP contribution in [-0.2, 0) is 21.4 Å². The largest absolute Gasteiger partial charge is 0.457 e. The molecule has 0 spiro atoms. The molecule has 0 amide bonds. The number of esters is 1. The summed E-state index contributed by atoms with van der Waals surface area (Å²) in [5.41, 5.74) is -0.0263. The molecule has 0 aliphatic carbocycles. The van der Waals surface area contributed by atoms with Crippen molar-refractivity contribution in [3.05, 3.63) is 65.5 Å². The number of nitrogens with one attached hydrogen (secondary N) is 1. The maximum Gasteiger partial charge on any atom is 0.338 e. The van der Waals surface area contributed by atoms with Gasteiger partial charge in [-0.1, -0.05) is 30.3 Å². The van der Waals surface area contributed by atoms with Gasteiger partial charge in [0.25, 0.3) is 0 Å². The lowest BCUT2D eigenvalue weighted by atomic mass is 10.1. The zero-order chi connectivity index (χ0) is 18.7. The number of hydrogen-bond acceptors (Lipinski definition) is 4. The average Bonchev–Trinajstić information content (AvgIpc) is 2.51. The van der Waals surface area contributed by atoms with Gasteiger partial charge in [-0.05, 0) is 44.5 Å². The summed E-state index contributed by atoms with van der Waals surface area (Å²) < 4.78 is 46.1. The molecule has 0 aromatic heterocycles. The summed E-state index contributed by atoms with van der Waals surface area (Å²) in [6, 6.07) is 12.2. The van der Waals surface area contributed by atoms with Crippen LogP contribution in [0.1, 0.15) is 36.7 Å². The van der Waals surface area contributed by atoms with Crippen molar-refractivity contribution in [2.75, 3.05) is 0 Å². The second-order valence-electron chi connectivity index (χ2n) is 6.56. The van der Waals surface area contributed by atoms with Gasteiger partial charge in [-0.3, -0.25) is 0 Å². The fourth-order valence-corrected chi connectivity index (χ4v) is 3.62. The smallest absolute Gasteiger partial charge is 0.338 e. The Bertz CT molecular complexity index is 858. The summed E-state index contributed by atoms with van der Waals surface area (Å²) in [5.74, 6) is -1.66. The molecule has 0 radical (unpaired) electrons. The SMILES string of the molecule is CC(C)(C)NS(=O)(=O)c1cc(C(=O)OCc2ccccc2)ccc1F. The van der Waals surface area contributed by atoms with E-state index < -0.39 is 32.2 Å². The van der Waals surface area contributed by atoms with Gasteiger partial charge >= 0.3 is 5.97 Å². The van der Waals surface area contributed by atoms with Crippen LogP contribution in [-0.4, -0.2) is 19.9 Å². The van der Waals surface area contributed by atoms with Crippen molar-refractivity contribution >= 4 is 16.0 Å². The highest BCUT2D eigenvalue weighted by molar-refractivity contribution is 7.89. The second kappa shape index (κ2) is 7.33. The zero-order valence-corrected chi connectivity index (χ0v) is 15.1. The molecule has 0 saturated carbocycles. The van der Waals surface area contributed by atoms with Crippen LogP contribution < -0.4 is 4.72 Å². The van der Waals surface area contributed by atoms with Crippen LogP contribution in [0.5, 0.6) is 0 Å². The monoisotopic (exact) mass is 365 g/mol. The Morgan fingerprint density at radius 1 is 1.12 bits per heavy atom. The van der Waals surface area contributed by atoms with Crippen molar-refractivity contribution in [2.45, 2.75) is 37.8 Å². The number of sulfonamides is 1. The molecule has 0 atom stereocenters. The quantitative estimate of drug-likeness (QED) is 0.826. The third kappa shape index (κ3) is 5.37. The average molecular weight is 365 g/mol. The first-order valence-electron chi connectivity index (χ1n) is 7.63. The normalized spacial score (nSPS) is 12.0. The molecule has 2 aromatic carbocycles. The van der Waals surface area contributed by atoms with Gasteiger partial charge in [-0.25, -0.2) is 22.3 Å². The molecule has 0 unspecified atom stereocenters. The van der Waals surface area contributed by atoms with E-state index in [1.165, 1.54) is 6.07 Å². The van der Waals surface area contributed by atoms with Crippen LogP contribution in [0.25, 0.3) is 0 Å². The summed E-state index contributed by atoms with van der Waals surface area (Å²) in [4.78, 5) is 11.5. The molecule has 1 N–H and O–H groups in total. The van der Waals surface area contributed by atoms with E-state index in [4.69, 9.17) is 4.74 Å². The van der Waals surface area contributed by atoms with Gasteiger partial charge < -0.3 is 4.74 Å². The Morgan fingerprint density at radius 3 is 2.36 bits per heavy atom. The third-order valence-electron chi connectivity index (χ3n) is 3.11. The van der Waals surface area contributed by atoms with Gasteiger partial charge in [-0.2, -0.15) is 0 Å². The zero-order valence-electron chi connectivity index (χ0n) is 14.2. The number of hydrogen-bond donors (Lipinski definition) is 1. The Morgan fingerprint density at radius 2 is 1.76 bits per heavy atom. The lowest BCUT2D eigenvalue weighted by Gasteiger charge is -2.20. The van der Waals surface area contributed by atoms with Gasteiger partial charge in [0.15, 0.2) is 0 Å². The summed E-state index contributed by atoms with van der Waals surface area (Å²) in [5, 5.41) is 0. The van der Waals surface area contributed by atoms with Gasteiger partial charge in [0.1, 0.15) is 17.3 Å². The van der Waals surface area contributed by atoms with Crippen LogP contribution >= 0.6 is 0 Å². The first-order valence-corrected chi connectivity index (χ1v) is 9.11. The van der Waals surface area contributed by atoms with Crippen LogP contribution in [0, 0.1) is 5.82 Å². The van der Waals surface area contributed by atoms with Gasteiger partial charge in [0, 0.05) is 5.54 Å². The molecule has 2 aromatic rings. The molecular formula is C18H20FNO4S. The van der Waals surface area contributed by atoms with Crippen LogP contribution in [0.3, 0.4) is 0 Å². The summed E-state index contributed by atoms with van der Waals surface area (Å²) >= 11 is 0. The first-order chi connectivity index (χ1) is 11.6. The standard InChI is InChI=1S/C18H20FNO4S/c1-18(2,3)20-25(22,23)16-11-14(9-10-15(16)19)17(21)24-12-13-7-5-4-6-8-13/h4-11,20H,12H2,1-3H3. The number of ether oxygens (including phenoxy) is 1. The highest BCUT2D eigenvalue weighted by Gasteiger charge is 2.26. The van der Waals surface area contributed by atoms with E-state index in [1.54, 1.807) is 32.9 Å². The van der Waals surface area contributed by atoms with Crippen LogP contribution in [0.4, 0.5) is 4.39 Å². The van der Waals surface area contributed by atoms with Gasteiger partial charge in [0.2, 0.25) is 10.0 Å². The Labute approximate surface area is 146 Å². The van der Waals surface area contributed by atoms with Crippen molar-refractivity contribution in [1.29, 1.82) is 0 Å². The van der Waals surface area contributed by atoms with Gasteiger partial charge in [0.05, 0.1) is 5.56 Å². The molecule has 134 valence electrons. The van der Waals surface area contributed by atoms with Gasteiger partial charge in [-0.15, -0.1) is 0 Å². The topological polar surface area (TPSA) is 72.5 Å². The molecule has 0 aliphatic heterocycles. The van der Waals surface area contributed by atoms with Crippen molar-refractivity contribution in [3.8, 4) is 0 Å². The number of carbonyl (C=O) groups is 1. The van der Waals surface area contributed by atoms with E-state index in [0.29, 0.717) is 0 Å².